The highest BCUT2D eigenvalue weighted by atomic mass is 19.1. The van der Waals surface area contributed by atoms with Crippen molar-refractivity contribution in [2.75, 3.05) is 0 Å². The maximum absolute atomic E-state index is 13.5. The maximum Gasteiger partial charge on any atom is 0.314 e. The van der Waals surface area contributed by atoms with Crippen LogP contribution in [0.2, 0.25) is 0 Å². The lowest BCUT2D eigenvalue weighted by molar-refractivity contribution is -0.386. The van der Waals surface area contributed by atoms with Crippen LogP contribution in [0, 0.1) is 15.9 Å². The average Bonchev–Trinajstić information content (AvgIpc) is 2.93. The summed E-state index contributed by atoms with van der Waals surface area (Å²) in [6.45, 7) is -0.341. The largest absolute Gasteiger partial charge is 0.476 e. The van der Waals surface area contributed by atoms with E-state index in [4.69, 9.17) is 15.1 Å². The van der Waals surface area contributed by atoms with E-state index in [1.54, 1.807) is 0 Å². The molecule has 0 saturated heterocycles. The molecule has 0 aliphatic carbocycles. The predicted octanol–water partition coefficient (Wildman–Crippen LogP) is 0.904. The van der Waals surface area contributed by atoms with Crippen molar-refractivity contribution in [2.24, 2.45) is 5.84 Å². The first-order valence-electron chi connectivity index (χ1n) is 5.55. The molecule has 0 radical (unpaired) electrons. The Bertz CT molecular complexity index is 687. The highest BCUT2D eigenvalue weighted by molar-refractivity contribution is 5.91. The van der Waals surface area contributed by atoms with Crippen LogP contribution in [0.3, 0.4) is 0 Å². The summed E-state index contributed by atoms with van der Waals surface area (Å²) >= 11 is 0. The third-order valence-corrected chi connectivity index (χ3v) is 2.42. The summed E-state index contributed by atoms with van der Waals surface area (Å²) in [5.74, 6) is 2.90. The number of hydrogen-bond acceptors (Lipinski definition) is 7. The van der Waals surface area contributed by atoms with E-state index >= 15 is 0 Å². The molecule has 1 amide bonds. The molecule has 0 bridgehead atoms. The van der Waals surface area contributed by atoms with Crippen LogP contribution in [0.4, 0.5) is 10.1 Å². The molecule has 0 atom stereocenters. The van der Waals surface area contributed by atoms with Gasteiger partial charge in [0.1, 0.15) is 6.61 Å². The second-order valence-electron chi connectivity index (χ2n) is 3.79. The molecule has 0 unspecified atom stereocenters. The zero-order valence-electron chi connectivity index (χ0n) is 10.4. The van der Waals surface area contributed by atoms with Crippen LogP contribution in [-0.4, -0.2) is 16.0 Å². The van der Waals surface area contributed by atoms with Gasteiger partial charge in [-0.2, -0.15) is 0 Å². The van der Waals surface area contributed by atoms with E-state index in [1.807, 2.05) is 5.43 Å². The molecular formula is C11H9FN4O5. The number of rotatable bonds is 5. The standard InChI is InChI=1S/C11H9FN4O5/c12-7-2-1-3-9(16(18)19)10(7)20-5-6-4-8(15-21-6)11(17)14-13/h1-4H,5,13H2,(H,14,17). The molecule has 0 saturated carbocycles. The van der Waals surface area contributed by atoms with Crippen LogP contribution in [0.1, 0.15) is 16.2 Å². The summed E-state index contributed by atoms with van der Waals surface area (Å²) < 4.78 is 23.3. The summed E-state index contributed by atoms with van der Waals surface area (Å²) in [7, 11) is 0. The van der Waals surface area contributed by atoms with Gasteiger partial charge in [-0.1, -0.05) is 11.2 Å². The van der Waals surface area contributed by atoms with Gasteiger partial charge in [-0.15, -0.1) is 0 Å². The van der Waals surface area contributed by atoms with Gasteiger partial charge in [-0.25, -0.2) is 10.2 Å². The van der Waals surface area contributed by atoms with Gasteiger partial charge >= 0.3 is 5.69 Å². The first kappa shape index (κ1) is 14.4. The van der Waals surface area contributed by atoms with Gasteiger partial charge in [-0.05, 0) is 6.07 Å². The molecule has 0 fully saturated rings. The summed E-state index contributed by atoms with van der Waals surface area (Å²) in [5, 5.41) is 14.2. The van der Waals surface area contributed by atoms with Crippen LogP contribution >= 0.6 is 0 Å². The SMILES string of the molecule is NNC(=O)c1cc(COc2c(F)cccc2[N+](=O)[O-])on1. The van der Waals surface area contributed by atoms with E-state index < -0.39 is 28.1 Å². The average molecular weight is 296 g/mol. The number of nitro groups is 1. The minimum absolute atomic E-state index is 0.0751. The van der Waals surface area contributed by atoms with E-state index in [2.05, 4.69) is 5.16 Å². The number of carbonyl (C=O) groups is 1. The molecule has 21 heavy (non-hydrogen) atoms. The van der Waals surface area contributed by atoms with Crippen LogP contribution in [0.5, 0.6) is 5.75 Å². The van der Waals surface area contributed by atoms with Crippen LogP contribution in [0.15, 0.2) is 28.8 Å². The first-order valence-corrected chi connectivity index (χ1v) is 5.55. The number of hydrazine groups is 1. The fraction of sp³-hybridized carbons (Fsp3) is 0.0909. The molecular weight excluding hydrogens is 287 g/mol. The highest BCUT2D eigenvalue weighted by Crippen LogP contribution is 2.30. The van der Waals surface area contributed by atoms with Gasteiger partial charge in [-0.3, -0.25) is 20.3 Å². The molecule has 3 N–H and O–H groups in total. The normalized spacial score (nSPS) is 10.2. The lowest BCUT2D eigenvalue weighted by Crippen LogP contribution is -2.30. The number of carbonyl (C=O) groups excluding carboxylic acids is 1. The van der Waals surface area contributed by atoms with Crippen molar-refractivity contribution in [3.05, 3.63) is 51.7 Å². The number of nitro benzene ring substituents is 1. The Labute approximate surface area is 116 Å². The Kier molecular flexibility index (Phi) is 4.09. The monoisotopic (exact) mass is 296 g/mol. The number of nitrogens with two attached hydrogens (primary N) is 1. The van der Waals surface area contributed by atoms with Crippen LogP contribution < -0.4 is 16.0 Å². The third-order valence-electron chi connectivity index (χ3n) is 2.42. The summed E-state index contributed by atoms with van der Waals surface area (Å²) in [6, 6.07) is 4.54. The fourth-order valence-electron chi connectivity index (χ4n) is 1.49. The molecule has 110 valence electrons. The molecule has 10 heteroatoms. The Morgan fingerprint density at radius 1 is 1.57 bits per heavy atom. The third kappa shape index (κ3) is 3.12. The molecule has 0 aliphatic rings. The summed E-state index contributed by atoms with van der Waals surface area (Å²) in [5.41, 5.74) is 1.23. The fourth-order valence-corrected chi connectivity index (χ4v) is 1.49. The van der Waals surface area contributed by atoms with Gasteiger partial charge in [0.25, 0.3) is 5.91 Å². The lowest BCUT2D eigenvalue weighted by Gasteiger charge is -2.05. The molecule has 9 nitrogen and oxygen atoms in total. The van der Waals surface area contributed by atoms with Crippen molar-refractivity contribution in [1.29, 1.82) is 0 Å². The van der Waals surface area contributed by atoms with Crippen LogP contribution in [-0.2, 0) is 6.61 Å². The summed E-state index contributed by atoms with van der Waals surface area (Å²) in [6.07, 6.45) is 0. The zero-order valence-corrected chi connectivity index (χ0v) is 10.4. The molecule has 0 spiro atoms. The number of nitrogens with zero attached hydrogens (tertiary/aromatic N) is 2. The van der Waals surface area contributed by atoms with Gasteiger partial charge in [0, 0.05) is 12.1 Å². The van der Waals surface area contributed by atoms with Crippen molar-refractivity contribution in [2.45, 2.75) is 6.61 Å². The molecule has 1 aromatic carbocycles. The Balaban J connectivity index is 2.15. The first-order chi connectivity index (χ1) is 10.0. The van der Waals surface area contributed by atoms with E-state index in [-0.39, 0.29) is 18.1 Å². The Morgan fingerprint density at radius 2 is 2.33 bits per heavy atom. The second-order valence-corrected chi connectivity index (χ2v) is 3.79. The highest BCUT2D eigenvalue weighted by Gasteiger charge is 2.20. The van der Waals surface area contributed by atoms with Crippen LogP contribution in [0.25, 0.3) is 0 Å². The van der Waals surface area contributed by atoms with E-state index in [9.17, 15) is 19.3 Å². The minimum atomic E-state index is -0.886. The second kappa shape index (κ2) is 5.96. The van der Waals surface area contributed by atoms with Crippen molar-refractivity contribution in [1.82, 2.24) is 10.6 Å². The Hall–Kier alpha value is -3.01. The van der Waals surface area contributed by atoms with E-state index in [1.165, 1.54) is 12.1 Å². The van der Waals surface area contributed by atoms with Crippen molar-refractivity contribution in [3.8, 4) is 5.75 Å². The zero-order chi connectivity index (χ0) is 15.4. The lowest BCUT2D eigenvalue weighted by atomic mass is 10.3. The number of halogens is 1. The molecule has 2 aromatic rings. The number of nitrogen functional groups attached to an aromatic ring is 1. The maximum atomic E-state index is 13.5. The number of hydrogen-bond donors (Lipinski definition) is 2. The molecule has 1 heterocycles. The van der Waals surface area contributed by atoms with Gasteiger partial charge in [0.05, 0.1) is 4.92 Å². The van der Waals surface area contributed by atoms with Crippen molar-refractivity contribution >= 4 is 11.6 Å². The topological polar surface area (TPSA) is 134 Å². The molecule has 1 aromatic heterocycles. The Morgan fingerprint density at radius 3 is 3.00 bits per heavy atom. The predicted molar refractivity (Wildman–Crippen MR) is 65.5 cm³/mol. The van der Waals surface area contributed by atoms with Crippen molar-refractivity contribution in [3.63, 3.8) is 0 Å². The number of para-hydroxylation sites is 1. The smallest absolute Gasteiger partial charge is 0.314 e. The quantitative estimate of drug-likeness (QED) is 0.362. The van der Waals surface area contributed by atoms with E-state index in [0.29, 0.717) is 0 Å². The molecule has 0 aliphatic heterocycles. The number of nitrogens with one attached hydrogen (secondary N) is 1. The molecule has 2 rings (SSSR count). The summed E-state index contributed by atoms with van der Waals surface area (Å²) in [4.78, 5) is 21.2. The number of benzene rings is 1. The van der Waals surface area contributed by atoms with Crippen molar-refractivity contribution < 1.29 is 23.4 Å². The van der Waals surface area contributed by atoms with Gasteiger partial charge in [0.15, 0.2) is 17.3 Å². The number of ether oxygens (including phenoxy) is 1. The number of amides is 1. The van der Waals surface area contributed by atoms with Gasteiger partial charge in [0.2, 0.25) is 5.75 Å². The number of aromatic nitrogens is 1. The van der Waals surface area contributed by atoms with E-state index in [0.717, 1.165) is 12.1 Å². The van der Waals surface area contributed by atoms with Gasteiger partial charge < -0.3 is 9.26 Å². The minimum Gasteiger partial charge on any atom is -0.476 e.